The summed E-state index contributed by atoms with van der Waals surface area (Å²) in [6.45, 7) is 3.60. The summed E-state index contributed by atoms with van der Waals surface area (Å²) in [5.41, 5.74) is 3.63. The SMILES string of the molecule is CCOCCc1c[nH]c2cc(NC)ccc12. The largest absolute Gasteiger partial charge is 0.388 e. The number of aromatic nitrogens is 1. The Hall–Kier alpha value is -1.48. The topological polar surface area (TPSA) is 37.0 Å². The van der Waals surface area contributed by atoms with Gasteiger partial charge in [-0.25, -0.2) is 0 Å². The van der Waals surface area contributed by atoms with E-state index >= 15 is 0 Å². The van der Waals surface area contributed by atoms with Crippen molar-refractivity contribution < 1.29 is 4.74 Å². The third-order valence-electron chi connectivity index (χ3n) is 2.78. The summed E-state index contributed by atoms with van der Waals surface area (Å²) in [7, 11) is 1.93. The van der Waals surface area contributed by atoms with Gasteiger partial charge in [0.15, 0.2) is 0 Å². The average Bonchev–Trinajstić information content (AvgIpc) is 2.72. The van der Waals surface area contributed by atoms with Crippen molar-refractivity contribution in [3.8, 4) is 0 Å². The van der Waals surface area contributed by atoms with Gasteiger partial charge >= 0.3 is 0 Å². The van der Waals surface area contributed by atoms with Crippen LogP contribution in [-0.2, 0) is 11.2 Å². The first kappa shape index (κ1) is 11.0. The first-order valence-electron chi connectivity index (χ1n) is 5.70. The van der Waals surface area contributed by atoms with Crippen LogP contribution in [0.3, 0.4) is 0 Å². The second-order valence-electron chi connectivity index (χ2n) is 3.77. The zero-order chi connectivity index (χ0) is 11.4. The predicted molar refractivity (Wildman–Crippen MR) is 68.0 cm³/mol. The number of rotatable bonds is 5. The third kappa shape index (κ3) is 2.19. The molecule has 0 fully saturated rings. The van der Waals surface area contributed by atoms with E-state index in [4.69, 9.17) is 4.74 Å². The molecule has 2 rings (SSSR count). The smallest absolute Gasteiger partial charge is 0.0507 e. The maximum atomic E-state index is 5.37. The van der Waals surface area contributed by atoms with Crippen LogP contribution in [-0.4, -0.2) is 25.2 Å². The van der Waals surface area contributed by atoms with Gasteiger partial charge < -0.3 is 15.0 Å². The molecule has 0 amide bonds. The monoisotopic (exact) mass is 218 g/mol. The fourth-order valence-corrected chi connectivity index (χ4v) is 1.88. The van der Waals surface area contributed by atoms with Crippen molar-refractivity contribution in [3.63, 3.8) is 0 Å². The number of anilines is 1. The number of fused-ring (bicyclic) bond motifs is 1. The highest BCUT2D eigenvalue weighted by Gasteiger charge is 2.03. The lowest BCUT2D eigenvalue weighted by atomic mass is 10.1. The maximum Gasteiger partial charge on any atom is 0.0507 e. The molecule has 3 heteroatoms. The number of H-pyrrole nitrogens is 1. The summed E-state index contributed by atoms with van der Waals surface area (Å²) in [5.74, 6) is 0. The molecule has 0 unspecified atom stereocenters. The van der Waals surface area contributed by atoms with Gasteiger partial charge in [0.25, 0.3) is 0 Å². The van der Waals surface area contributed by atoms with Crippen LogP contribution in [0.4, 0.5) is 5.69 Å². The number of hydrogen-bond donors (Lipinski definition) is 2. The second-order valence-corrected chi connectivity index (χ2v) is 3.77. The predicted octanol–water partition coefficient (Wildman–Crippen LogP) is 2.79. The molecule has 0 saturated carbocycles. The third-order valence-corrected chi connectivity index (χ3v) is 2.78. The molecular weight excluding hydrogens is 200 g/mol. The van der Waals surface area contributed by atoms with Crippen LogP contribution in [0.5, 0.6) is 0 Å². The number of ether oxygens (including phenoxy) is 1. The lowest BCUT2D eigenvalue weighted by molar-refractivity contribution is 0.151. The normalized spacial score (nSPS) is 10.9. The van der Waals surface area contributed by atoms with Gasteiger partial charge in [-0.2, -0.15) is 0 Å². The Kier molecular flexibility index (Phi) is 3.47. The lowest BCUT2D eigenvalue weighted by Gasteiger charge is -2.02. The number of nitrogens with one attached hydrogen (secondary N) is 2. The molecule has 0 atom stereocenters. The standard InChI is InChI=1S/C13H18N2O/c1-3-16-7-6-10-9-15-13-8-11(14-2)4-5-12(10)13/h4-5,8-9,14-15H,3,6-7H2,1-2H3. The Morgan fingerprint density at radius 1 is 1.38 bits per heavy atom. The molecule has 0 aliphatic rings. The van der Waals surface area contributed by atoms with Gasteiger partial charge in [0.1, 0.15) is 0 Å². The Labute approximate surface area is 95.8 Å². The first-order chi connectivity index (χ1) is 7.85. The highest BCUT2D eigenvalue weighted by atomic mass is 16.5. The quantitative estimate of drug-likeness (QED) is 0.757. The molecule has 1 aromatic heterocycles. The van der Waals surface area contributed by atoms with E-state index in [1.54, 1.807) is 0 Å². The van der Waals surface area contributed by atoms with Crippen LogP contribution in [0.2, 0.25) is 0 Å². The summed E-state index contributed by atoms with van der Waals surface area (Å²) in [5, 5.41) is 4.43. The zero-order valence-corrected chi connectivity index (χ0v) is 9.84. The van der Waals surface area contributed by atoms with Gasteiger partial charge in [-0.1, -0.05) is 6.07 Å². The van der Waals surface area contributed by atoms with E-state index in [9.17, 15) is 0 Å². The molecule has 0 aliphatic carbocycles. The Balaban J connectivity index is 2.20. The van der Waals surface area contributed by atoms with Crippen molar-refractivity contribution in [2.45, 2.75) is 13.3 Å². The average molecular weight is 218 g/mol. The number of benzene rings is 1. The van der Waals surface area contributed by atoms with Crippen molar-refractivity contribution in [2.24, 2.45) is 0 Å². The van der Waals surface area contributed by atoms with Crippen LogP contribution < -0.4 is 5.32 Å². The first-order valence-corrected chi connectivity index (χ1v) is 5.70. The summed E-state index contributed by atoms with van der Waals surface area (Å²) in [4.78, 5) is 3.29. The highest BCUT2D eigenvalue weighted by Crippen LogP contribution is 2.22. The van der Waals surface area contributed by atoms with Crippen LogP contribution in [0.15, 0.2) is 24.4 Å². The molecule has 0 bridgehead atoms. The molecular formula is C13H18N2O. The molecule has 2 aromatic rings. The fourth-order valence-electron chi connectivity index (χ4n) is 1.88. The molecule has 3 nitrogen and oxygen atoms in total. The molecule has 0 radical (unpaired) electrons. The van der Waals surface area contributed by atoms with Crippen LogP contribution >= 0.6 is 0 Å². The minimum Gasteiger partial charge on any atom is -0.388 e. The molecule has 0 spiro atoms. The van der Waals surface area contributed by atoms with E-state index in [2.05, 4.69) is 34.7 Å². The van der Waals surface area contributed by atoms with E-state index in [1.165, 1.54) is 16.5 Å². The number of aromatic amines is 1. The molecule has 16 heavy (non-hydrogen) atoms. The van der Waals surface area contributed by atoms with Crippen LogP contribution in [0.25, 0.3) is 10.9 Å². The van der Waals surface area contributed by atoms with Crippen molar-refractivity contribution in [2.75, 3.05) is 25.6 Å². The van der Waals surface area contributed by atoms with E-state index in [0.29, 0.717) is 0 Å². The van der Waals surface area contributed by atoms with E-state index in [1.807, 2.05) is 14.0 Å². The lowest BCUT2D eigenvalue weighted by Crippen LogP contribution is -1.96. The Morgan fingerprint density at radius 2 is 2.25 bits per heavy atom. The summed E-state index contributed by atoms with van der Waals surface area (Å²) < 4.78 is 5.37. The molecule has 0 aliphatic heterocycles. The van der Waals surface area contributed by atoms with E-state index < -0.39 is 0 Å². The van der Waals surface area contributed by atoms with Gasteiger partial charge in [-0.3, -0.25) is 0 Å². The molecule has 1 aromatic carbocycles. The number of hydrogen-bond acceptors (Lipinski definition) is 2. The molecule has 1 heterocycles. The van der Waals surface area contributed by atoms with Crippen LogP contribution in [0.1, 0.15) is 12.5 Å². The van der Waals surface area contributed by atoms with Crippen molar-refractivity contribution in [3.05, 3.63) is 30.0 Å². The van der Waals surface area contributed by atoms with E-state index in [0.717, 1.165) is 25.3 Å². The molecule has 0 saturated heterocycles. The maximum absolute atomic E-state index is 5.37. The summed E-state index contributed by atoms with van der Waals surface area (Å²) in [6, 6.07) is 6.37. The minimum absolute atomic E-state index is 0.784. The van der Waals surface area contributed by atoms with E-state index in [-0.39, 0.29) is 0 Å². The summed E-state index contributed by atoms with van der Waals surface area (Å²) >= 11 is 0. The van der Waals surface area contributed by atoms with Gasteiger partial charge in [-0.05, 0) is 31.0 Å². The van der Waals surface area contributed by atoms with Gasteiger partial charge in [0.05, 0.1) is 6.61 Å². The minimum atomic E-state index is 0.784. The van der Waals surface area contributed by atoms with Crippen molar-refractivity contribution >= 4 is 16.6 Å². The summed E-state index contributed by atoms with van der Waals surface area (Å²) in [6.07, 6.45) is 3.04. The Bertz CT molecular complexity index is 462. The van der Waals surface area contributed by atoms with Crippen molar-refractivity contribution in [1.29, 1.82) is 0 Å². The zero-order valence-electron chi connectivity index (χ0n) is 9.84. The molecule has 2 N–H and O–H groups in total. The van der Waals surface area contributed by atoms with Gasteiger partial charge in [-0.15, -0.1) is 0 Å². The fraction of sp³-hybridized carbons (Fsp3) is 0.385. The van der Waals surface area contributed by atoms with Crippen molar-refractivity contribution in [1.82, 2.24) is 4.98 Å². The second kappa shape index (κ2) is 5.03. The highest BCUT2D eigenvalue weighted by molar-refractivity contribution is 5.86. The Morgan fingerprint density at radius 3 is 3.00 bits per heavy atom. The van der Waals surface area contributed by atoms with Gasteiger partial charge in [0, 0.05) is 36.4 Å². The molecule has 86 valence electrons. The van der Waals surface area contributed by atoms with Crippen LogP contribution in [0, 0.1) is 0 Å². The van der Waals surface area contributed by atoms with Gasteiger partial charge in [0.2, 0.25) is 0 Å².